The van der Waals surface area contributed by atoms with Crippen molar-refractivity contribution in [3.8, 4) is 0 Å². The smallest absolute Gasteiger partial charge is 0.254 e. The lowest BCUT2D eigenvalue weighted by atomic mass is 10.0. The van der Waals surface area contributed by atoms with Crippen LogP contribution < -0.4 is 10.6 Å². The Morgan fingerprint density at radius 2 is 1.86 bits per heavy atom. The first-order chi connectivity index (χ1) is 9.73. The molecule has 116 valence electrons. The molecule has 0 aromatic carbocycles. The van der Waals surface area contributed by atoms with Crippen LogP contribution in [-0.4, -0.2) is 18.4 Å². The molecule has 1 heterocycles. The first kappa shape index (κ1) is 16.0. The summed E-state index contributed by atoms with van der Waals surface area (Å²) in [6, 6.07) is 1.76. The third-order valence-electron chi connectivity index (χ3n) is 4.97. The Kier molecular flexibility index (Phi) is 4.15. The Balaban J connectivity index is 2.07. The second kappa shape index (κ2) is 5.44. The highest BCUT2D eigenvalue weighted by Crippen LogP contribution is 2.68. The van der Waals surface area contributed by atoms with Gasteiger partial charge in [0.05, 0.1) is 5.56 Å². The molecule has 1 aliphatic rings. The normalized spacial score (nSPS) is 19.1. The molecule has 1 aromatic rings. The average Bonchev–Trinajstić information content (AvgIpc) is 2.72. The molecule has 1 saturated carbocycles. The predicted molar refractivity (Wildman–Crippen MR) is 86.6 cm³/mol. The first-order valence-electron chi connectivity index (χ1n) is 7.40. The Bertz CT molecular complexity index is 546. The van der Waals surface area contributed by atoms with E-state index in [1.54, 1.807) is 6.07 Å². The molecule has 2 N–H and O–H groups in total. The van der Waals surface area contributed by atoms with Crippen LogP contribution in [0.15, 0.2) is 11.4 Å². The summed E-state index contributed by atoms with van der Waals surface area (Å²) in [6.07, 6.45) is 0.891. The maximum atomic E-state index is 12.5. The lowest BCUT2D eigenvalue weighted by Gasteiger charge is -2.08. The summed E-state index contributed by atoms with van der Waals surface area (Å²) < 4.78 is 0. The molecule has 21 heavy (non-hydrogen) atoms. The number of rotatable bonds is 5. The Morgan fingerprint density at radius 3 is 2.38 bits per heavy atom. The third-order valence-corrected chi connectivity index (χ3v) is 5.79. The van der Waals surface area contributed by atoms with Gasteiger partial charge in [0.2, 0.25) is 5.91 Å². The van der Waals surface area contributed by atoms with Gasteiger partial charge < -0.3 is 10.6 Å². The molecule has 0 atom stereocenters. The number of nitrogens with one attached hydrogen (secondary N) is 2. The topological polar surface area (TPSA) is 58.2 Å². The molecule has 0 bridgehead atoms. The van der Waals surface area contributed by atoms with Crippen molar-refractivity contribution in [2.45, 2.75) is 41.0 Å². The van der Waals surface area contributed by atoms with E-state index in [1.165, 1.54) is 11.3 Å². The van der Waals surface area contributed by atoms with E-state index < -0.39 is 0 Å². The van der Waals surface area contributed by atoms with Gasteiger partial charge in [0.1, 0.15) is 5.00 Å². The van der Waals surface area contributed by atoms with Crippen molar-refractivity contribution < 1.29 is 9.59 Å². The van der Waals surface area contributed by atoms with Crippen molar-refractivity contribution in [2.24, 2.45) is 16.7 Å². The van der Waals surface area contributed by atoms with Gasteiger partial charge in [-0.3, -0.25) is 9.59 Å². The first-order valence-corrected chi connectivity index (χ1v) is 8.28. The summed E-state index contributed by atoms with van der Waals surface area (Å²) in [5.74, 6) is -0.127. The second-order valence-electron chi connectivity index (χ2n) is 6.78. The monoisotopic (exact) mass is 308 g/mol. The Morgan fingerprint density at radius 1 is 1.24 bits per heavy atom. The van der Waals surface area contributed by atoms with Crippen LogP contribution in [0.1, 0.15) is 51.4 Å². The zero-order valence-corrected chi connectivity index (χ0v) is 14.2. The van der Waals surface area contributed by atoms with Crippen LogP contribution in [0.4, 0.5) is 5.00 Å². The van der Waals surface area contributed by atoms with Gasteiger partial charge in [0.15, 0.2) is 0 Å². The van der Waals surface area contributed by atoms with Crippen LogP contribution in [0.2, 0.25) is 0 Å². The van der Waals surface area contributed by atoms with E-state index in [9.17, 15) is 9.59 Å². The second-order valence-corrected chi connectivity index (χ2v) is 7.70. The maximum absolute atomic E-state index is 12.5. The van der Waals surface area contributed by atoms with Crippen LogP contribution in [0, 0.1) is 16.7 Å². The van der Waals surface area contributed by atoms with Crippen molar-refractivity contribution in [1.82, 2.24) is 5.32 Å². The minimum absolute atomic E-state index is 0.00102. The fourth-order valence-electron chi connectivity index (χ4n) is 2.95. The van der Waals surface area contributed by atoms with Crippen molar-refractivity contribution in [3.63, 3.8) is 0 Å². The van der Waals surface area contributed by atoms with Crippen LogP contribution in [0.3, 0.4) is 0 Å². The van der Waals surface area contributed by atoms with Gasteiger partial charge in [0.25, 0.3) is 5.91 Å². The fourth-order valence-corrected chi connectivity index (χ4v) is 3.74. The molecule has 1 aromatic heterocycles. The number of hydrogen-bond donors (Lipinski definition) is 2. The van der Waals surface area contributed by atoms with E-state index in [0.29, 0.717) is 17.1 Å². The third kappa shape index (κ3) is 2.71. The molecular formula is C16H24N2O2S. The number of carbonyl (C=O) groups is 2. The quantitative estimate of drug-likeness (QED) is 0.874. The largest absolute Gasteiger partial charge is 0.352 e. The molecule has 2 rings (SSSR count). The van der Waals surface area contributed by atoms with Gasteiger partial charge in [-0.15, -0.1) is 11.3 Å². The molecule has 1 fully saturated rings. The fraction of sp³-hybridized carbons (Fsp3) is 0.625. The van der Waals surface area contributed by atoms with Gasteiger partial charge in [0, 0.05) is 12.5 Å². The minimum Gasteiger partial charge on any atom is -0.352 e. The molecule has 5 heteroatoms. The Hall–Kier alpha value is -1.36. The van der Waals surface area contributed by atoms with Gasteiger partial charge >= 0.3 is 0 Å². The molecule has 1 aliphatic carbocycles. The van der Waals surface area contributed by atoms with Crippen LogP contribution >= 0.6 is 11.3 Å². The highest BCUT2D eigenvalue weighted by atomic mass is 32.1. The molecule has 0 unspecified atom stereocenters. The van der Waals surface area contributed by atoms with E-state index in [4.69, 9.17) is 0 Å². The summed E-state index contributed by atoms with van der Waals surface area (Å²) in [6.45, 7) is 11.1. The maximum Gasteiger partial charge on any atom is 0.254 e. The molecule has 4 nitrogen and oxygen atoms in total. The van der Waals surface area contributed by atoms with Crippen molar-refractivity contribution >= 4 is 28.2 Å². The number of hydrogen-bond acceptors (Lipinski definition) is 3. The molecule has 0 radical (unpaired) electrons. The predicted octanol–water partition coefficient (Wildman–Crippen LogP) is 3.51. The summed E-state index contributed by atoms with van der Waals surface area (Å²) in [5, 5.41) is 8.26. The summed E-state index contributed by atoms with van der Waals surface area (Å²) in [5.41, 5.74) is 0.552. The van der Waals surface area contributed by atoms with E-state index in [0.717, 1.165) is 6.42 Å². The van der Waals surface area contributed by atoms with E-state index in [1.807, 2.05) is 12.3 Å². The lowest BCUT2D eigenvalue weighted by Crippen LogP contribution is -2.25. The Labute approximate surface area is 130 Å². The van der Waals surface area contributed by atoms with E-state index >= 15 is 0 Å². The summed E-state index contributed by atoms with van der Waals surface area (Å²) >= 11 is 1.39. The van der Waals surface area contributed by atoms with E-state index in [2.05, 4.69) is 38.3 Å². The minimum atomic E-state index is -0.122. The highest BCUT2D eigenvalue weighted by Gasteiger charge is 2.68. The van der Waals surface area contributed by atoms with Gasteiger partial charge in [-0.25, -0.2) is 0 Å². The van der Waals surface area contributed by atoms with Crippen molar-refractivity contribution in [2.75, 3.05) is 11.9 Å². The number of carbonyl (C=O) groups excluding carboxylic acids is 2. The highest BCUT2D eigenvalue weighted by molar-refractivity contribution is 7.14. The van der Waals surface area contributed by atoms with Gasteiger partial charge in [-0.05, 0) is 28.7 Å². The molecular weight excluding hydrogens is 284 g/mol. The standard InChI is InChI=1S/C16H24N2O2S/c1-6-8-17-12(19)10-7-9-21-14(10)18-13(20)11-15(2,3)16(11,4)5/h7,9,11H,6,8H2,1-5H3,(H,17,19)(H,18,20). The summed E-state index contributed by atoms with van der Waals surface area (Å²) in [4.78, 5) is 24.5. The van der Waals surface area contributed by atoms with Crippen LogP contribution in [0.5, 0.6) is 0 Å². The van der Waals surface area contributed by atoms with Gasteiger partial charge in [-0.1, -0.05) is 34.6 Å². The molecule has 0 aliphatic heterocycles. The number of thiophene rings is 1. The molecule has 0 saturated heterocycles. The lowest BCUT2D eigenvalue weighted by molar-refractivity contribution is -0.118. The van der Waals surface area contributed by atoms with Crippen LogP contribution in [0.25, 0.3) is 0 Å². The van der Waals surface area contributed by atoms with Gasteiger partial charge in [-0.2, -0.15) is 0 Å². The zero-order valence-electron chi connectivity index (χ0n) is 13.4. The zero-order chi connectivity index (χ0) is 15.8. The van der Waals surface area contributed by atoms with E-state index in [-0.39, 0.29) is 28.6 Å². The average molecular weight is 308 g/mol. The van der Waals surface area contributed by atoms with Crippen molar-refractivity contribution in [3.05, 3.63) is 17.0 Å². The summed E-state index contributed by atoms with van der Waals surface area (Å²) in [7, 11) is 0. The van der Waals surface area contributed by atoms with Crippen LogP contribution in [-0.2, 0) is 4.79 Å². The number of amides is 2. The SMILES string of the molecule is CCCNC(=O)c1ccsc1NC(=O)C1C(C)(C)C1(C)C. The number of anilines is 1. The molecule has 2 amide bonds. The molecule has 0 spiro atoms. The van der Waals surface area contributed by atoms with Crippen molar-refractivity contribution in [1.29, 1.82) is 0 Å².